The maximum Gasteiger partial charge on any atom is 0.197 e. The zero-order valence-electron chi connectivity index (χ0n) is 12.6. The van der Waals surface area contributed by atoms with Gasteiger partial charge in [0, 0.05) is 25.6 Å². The van der Waals surface area contributed by atoms with E-state index in [1.165, 1.54) is 11.8 Å². The normalized spacial score (nSPS) is 10.8. The molecule has 0 aliphatic rings. The van der Waals surface area contributed by atoms with Crippen molar-refractivity contribution < 1.29 is 0 Å². The van der Waals surface area contributed by atoms with E-state index in [1.807, 2.05) is 25.5 Å². The van der Waals surface area contributed by atoms with Crippen LogP contribution in [0.4, 0.5) is 5.82 Å². The second-order valence-electron chi connectivity index (χ2n) is 4.49. The summed E-state index contributed by atoms with van der Waals surface area (Å²) in [7, 11) is 1.96. The molecule has 2 aromatic heterocycles. The minimum absolute atomic E-state index is 0.810. The van der Waals surface area contributed by atoms with Crippen LogP contribution in [0.1, 0.15) is 31.1 Å². The molecule has 1 N–H and O–H groups in total. The van der Waals surface area contributed by atoms with Gasteiger partial charge in [-0.2, -0.15) is 0 Å². The van der Waals surface area contributed by atoms with Crippen LogP contribution in [0.25, 0.3) is 0 Å². The van der Waals surface area contributed by atoms with Crippen molar-refractivity contribution in [2.45, 2.75) is 44.3 Å². The number of nitrogens with one attached hydrogen (secondary N) is 1. The van der Waals surface area contributed by atoms with E-state index < -0.39 is 0 Å². The van der Waals surface area contributed by atoms with Crippen molar-refractivity contribution in [3.8, 4) is 0 Å². The van der Waals surface area contributed by atoms with E-state index in [0.29, 0.717) is 0 Å². The lowest BCUT2D eigenvalue weighted by Gasteiger charge is -2.12. The number of nitrogens with zero attached hydrogens (tertiary/aromatic N) is 5. The fourth-order valence-electron chi connectivity index (χ4n) is 1.70. The maximum atomic E-state index is 4.61. The molecule has 0 saturated carbocycles. The molecule has 0 aliphatic heterocycles. The molecular weight excluding hydrogens is 272 g/mol. The zero-order chi connectivity index (χ0) is 14.7. The highest BCUT2D eigenvalue weighted by molar-refractivity contribution is 7.99. The molecule has 2 aromatic rings. The van der Waals surface area contributed by atoms with E-state index in [-0.39, 0.29) is 0 Å². The van der Waals surface area contributed by atoms with Crippen LogP contribution in [0.5, 0.6) is 0 Å². The molecule has 0 radical (unpaired) electrons. The molecule has 0 unspecified atom stereocenters. The van der Waals surface area contributed by atoms with E-state index in [1.54, 1.807) is 0 Å². The van der Waals surface area contributed by atoms with E-state index in [2.05, 4.69) is 39.3 Å². The summed E-state index contributed by atoms with van der Waals surface area (Å²) in [6.45, 7) is 8.93. The Kier molecular flexibility index (Phi) is 4.59. The number of aryl methyl sites for hydroxylation is 2. The average Bonchev–Trinajstić information content (AvgIpc) is 2.75. The molecule has 0 atom stereocenters. The zero-order valence-corrected chi connectivity index (χ0v) is 13.4. The van der Waals surface area contributed by atoms with Crippen molar-refractivity contribution in [1.82, 2.24) is 24.7 Å². The van der Waals surface area contributed by atoms with Crippen LogP contribution in [0.2, 0.25) is 0 Å². The van der Waals surface area contributed by atoms with Crippen LogP contribution < -0.4 is 5.32 Å². The largest absolute Gasteiger partial charge is 0.370 e. The first kappa shape index (κ1) is 14.8. The Morgan fingerprint density at radius 1 is 1.15 bits per heavy atom. The Morgan fingerprint density at radius 2 is 1.90 bits per heavy atom. The second kappa shape index (κ2) is 6.21. The van der Waals surface area contributed by atoms with Crippen molar-refractivity contribution in [2.75, 3.05) is 11.9 Å². The lowest BCUT2D eigenvalue weighted by atomic mass is 10.3. The molecule has 0 amide bonds. The van der Waals surface area contributed by atoms with Gasteiger partial charge >= 0.3 is 0 Å². The molecule has 0 aromatic carbocycles. The first-order chi connectivity index (χ1) is 9.56. The fraction of sp³-hybridized carbons (Fsp3) is 0.538. The molecule has 0 saturated heterocycles. The smallest absolute Gasteiger partial charge is 0.197 e. The predicted octanol–water partition coefficient (Wildman–Crippen LogP) is 2.37. The third-order valence-corrected chi connectivity index (χ3v) is 4.18. The summed E-state index contributed by atoms with van der Waals surface area (Å²) in [5.41, 5.74) is 1.05. The van der Waals surface area contributed by atoms with Crippen molar-refractivity contribution in [3.05, 3.63) is 17.2 Å². The molecule has 7 heteroatoms. The molecule has 2 heterocycles. The number of hydrogen-bond acceptors (Lipinski definition) is 6. The second-order valence-corrected chi connectivity index (χ2v) is 5.45. The van der Waals surface area contributed by atoms with Crippen LogP contribution in [-0.4, -0.2) is 31.3 Å². The Balaban J connectivity index is 2.39. The molecule has 0 spiro atoms. The maximum absolute atomic E-state index is 4.61. The van der Waals surface area contributed by atoms with E-state index in [9.17, 15) is 0 Å². The van der Waals surface area contributed by atoms with E-state index in [4.69, 9.17) is 0 Å². The molecule has 0 bridgehead atoms. The summed E-state index contributed by atoms with van der Waals surface area (Å²) in [6, 6.07) is 0. The summed E-state index contributed by atoms with van der Waals surface area (Å²) < 4.78 is 1.96. The minimum atomic E-state index is 0.810. The predicted molar refractivity (Wildman–Crippen MR) is 80.2 cm³/mol. The quantitative estimate of drug-likeness (QED) is 0.853. The van der Waals surface area contributed by atoms with Gasteiger partial charge < -0.3 is 9.88 Å². The molecule has 20 heavy (non-hydrogen) atoms. The lowest BCUT2D eigenvalue weighted by Crippen LogP contribution is -2.07. The Bertz CT molecular complexity index is 607. The summed E-state index contributed by atoms with van der Waals surface area (Å²) in [5.74, 6) is 2.63. The van der Waals surface area contributed by atoms with Gasteiger partial charge in [0.2, 0.25) is 0 Å². The molecule has 0 fully saturated rings. The van der Waals surface area contributed by atoms with E-state index >= 15 is 0 Å². The van der Waals surface area contributed by atoms with E-state index in [0.717, 1.165) is 46.2 Å². The molecule has 108 valence electrons. The highest BCUT2D eigenvalue weighted by atomic mass is 32.2. The Hall–Kier alpha value is -1.63. The van der Waals surface area contributed by atoms with Crippen molar-refractivity contribution in [1.29, 1.82) is 0 Å². The van der Waals surface area contributed by atoms with Gasteiger partial charge in [0.05, 0.1) is 0 Å². The van der Waals surface area contributed by atoms with Crippen molar-refractivity contribution in [2.24, 2.45) is 7.05 Å². The lowest BCUT2D eigenvalue weighted by molar-refractivity contribution is 0.762. The third-order valence-electron chi connectivity index (χ3n) is 3.05. The van der Waals surface area contributed by atoms with Gasteiger partial charge in [0.1, 0.15) is 22.5 Å². The monoisotopic (exact) mass is 292 g/mol. The summed E-state index contributed by atoms with van der Waals surface area (Å²) in [5, 5.41) is 13.3. The SMILES string of the molecule is CCNc1nc(CC)nc(Sc2nnc(C)n2C)c1C. The molecule has 0 aliphatic carbocycles. The minimum Gasteiger partial charge on any atom is -0.370 e. The topological polar surface area (TPSA) is 68.5 Å². The molecular formula is C13H20N6S. The standard InChI is InChI=1S/C13H20N6S/c1-6-10-15-11(14-7-2)8(3)12(16-10)20-13-18-17-9(4)19(13)5/h6-7H2,1-5H3,(H,14,15,16). The molecule has 6 nitrogen and oxygen atoms in total. The van der Waals surface area contributed by atoms with Gasteiger partial charge in [-0.05, 0) is 32.5 Å². The first-order valence-corrected chi connectivity index (χ1v) is 7.53. The van der Waals surface area contributed by atoms with Crippen molar-refractivity contribution >= 4 is 17.6 Å². The Labute approximate surface area is 123 Å². The number of rotatable bonds is 5. The average molecular weight is 292 g/mol. The van der Waals surface area contributed by atoms with Crippen LogP contribution in [-0.2, 0) is 13.5 Å². The number of hydrogen-bond donors (Lipinski definition) is 1. The van der Waals surface area contributed by atoms with Gasteiger partial charge in [-0.25, -0.2) is 9.97 Å². The third kappa shape index (κ3) is 2.92. The Morgan fingerprint density at radius 3 is 2.45 bits per heavy atom. The van der Waals surface area contributed by atoms with Gasteiger partial charge in [0.15, 0.2) is 5.16 Å². The van der Waals surface area contributed by atoms with Gasteiger partial charge in [-0.15, -0.1) is 10.2 Å². The summed E-state index contributed by atoms with van der Waals surface area (Å²) in [6.07, 6.45) is 0.810. The van der Waals surface area contributed by atoms with Crippen LogP contribution >= 0.6 is 11.8 Å². The number of anilines is 1. The fourth-order valence-corrected chi connectivity index (χ4v) is 2.62. The van der Waals surface area contributed by atoms with Gasteiger partial charge in [-0.3, -0.25) is 0 Å². The van der Waals surface area contributed by atoms with Crippen LogP contribution in [0.3, 0.4) is 0 Å². The first-order valence-electron chi connectivity index (χ1n) is 6.72. The van der Waals surface area contributed by atoms with Gasteiger partial charge in [0.25, 0.3) is 0 Å². The van der Waals surface area contributed by atoms with Crippen molar-refractivity contribution in [3.63, 3.8) is 0 Å². The van der Waals surface area contributed by atoms with Crippen LogP contribution in [0, 0.1) is 13.8 Å². The van der Waals surface area contributed by atoms with Gasteiger partial charge in [-0.1, -0.05) is 6.92 Å². The van der Waals surface area contributed by atoms with Crippen LogP contribution in [0.15, 0.2) is 10.2 Å². The number of aromatic nitrogens is 5. The summed E-state index contributed by atoms with van der Waals surface area (Å²) in [4.78, 5) is 9.14. The molecule has 2 rings (SSSR count). The highest BCUT2D eigenvalue weighted by Crippen LogP contribution is 2.30. The highest BCUT2D eigenvalue weighted by Gasteiger charge is 2.14. The summed E-state index contributed by atoms with van der Waals surface area (Å²) >= 11 is 1.53.